The Labute approximate surface area is 138 Å². The van der Waals surface area contributed by atoms with Crippen LogP contribution in [-0.2, 0) is 5.88 Å². The van der Waals surface area contributed by atoms with E-state index in [-0.39, 0.29) is 5.88 Å². The van der Waals surface area contributed by atoms with Gasteiger partial charge in [-0.2, -0.15) is 0 Å². The van der Waals surface area contributed by atoms with Crippen molar-refractivity contribution >= 4 is 23.2 Å². The van der Waals surface area contributed by atoms with Crippen molar-refractivity contribution in [2.75, 3.05) is 7.11 Å². The van der Waals surface area contributed by atoms with E-state index in [0.29, 0.717) is 10.7 Å². The van der Waals surface area contributed by atoms with Gasteiger partial charge in [0.25, 0.3) is 0 Å². The number of aromatic nitrogens is 3. The van der Waals surface area contributed by atoms with Crippen molar-refractivity contribution in [1.82, 2.24) is 15.0 Å². The van der Waals surface area contributed by atoms with Gasteiger partial charge in [-0.15, -0.1) is 16.7 Å². The second-order valence-electron chi connectivity index (χ2n) is 4.64. The van der Waals surface area contributed by atoms with Gasteiger partial charge in [-0.1, -0.05) is 35.0 Å². The number of rotatable bonds is 4. The molecule has 0 amide bonds. The van der Waals surface area contributed by atoms with Gasteiger partial charge >= 0.3 is 0 Å². The lowest BCUT2D eigenvalue weighted by atomic mass is 10.1. The van der Waals surface area contributed by atoms with Gasteiger partial charge in [0.15, 0.2) is 0 Å². The third-order valence-electron chi connectivity index (χ3n) is 3.28. The zero-order chi connectivity index (χ0) is 15.5. The van der Waals surface area contributed by atoms with E-state index in [1.54, 1.807) is 11.8 Å². The molecule has 0 saturated carbocycles. The summed E-state index contributed by atoms with van der Waals surface area (Å²) in [6.45, 7) is 0. The van der Waals surface area contributed by atoms with Crippen LogP contribution in [0.3, 0.4) is 0 Å². The maximum Gasteiger partial charge on any atom is 0.121 e. The van der Waals surface area contributed by atoms with Crippen LogP contribution in [0, 0.1) is 0 Å². The molecule has 0 spiro atoms. The summed E-state index contributed by atoms with van der Waals surface area (Å²) >= 11 is 12.0. The molecule has 0 aliphatic heterocycles. The molecule has 3 aromatic rings. The fraction of sp³-hybridized carbons (Fsp3) is 0.125. The van der Waals surface area contributed by atoms with Crippen LogP contribution in [0.1, 0.15) is 5.69 Å². The number of hydrogen-bond acceptors (Lipinski definition) is 3. The first-order chi connectivity index (χ1) is 10.7. The average Bonchev–Trinajstić information content (AvgIpc) is 2.99. The van der Waals surface area contributed by atoms with Crippen molar-refractivity contribution in [3.05, 3.63) is 59.2 Å². The summed E-state index contributed by atoms with van der Waals surface area (Å²) in [6.07, 6.45) is 0. The minimum Gasteiger partial charge on any atom is -0.497 e. The van der Waals surface area contributed by atoms with Gasteiger partial charge in [0.05, 0.1) is 24.4 Å². The van der Waals surface area contributed by atoms with Gasteiger partial charge in [0, 0.05) is 16.7 Å². The van der Waals surface area contributed by atoms with Crippen molar-refractivity contribution in [2.24, 2.45) is 0 Å². The maximum atomic E-state index is 6.01. The quantitative estimate of drug-likeness (QED) is 0.667. The van der Waals surface area contributed by atoms with Crippen molar-refractivity contribution in [3.8, 4) is 22.7 Å². The number of ether oxygens (including phenoxy) is 1. The minimum atomic E-state index is 0.280. The van der Waals surface area contributed by atoms with E-state index in [9.17, 15) is 0 Å². The van der Waals surface area contributed by atoms with Crippen LogP contribution < -0.4 is 4.74 Å². The Morgan fingerprint density at radius 3 is 2.59 bits per heavy atom. The zero-order valence-corrected chi connectivity index (χ0v) is 13.3. The molecule has 2 aromatic carbocycles. The lowest BCUT2D eigenvalue weighted by Crippen LogP contribution is -2.00. The Bertz CT molecular complexity index is 784. The van der Waals surface area contributed by atoms with Crippen molar-refractivity contribution in [2.45, 2.75) is 5.88 Å². The predicted octanol–water partition coefficient (Wildman–Crippen LogP) is 4.34. The third kappa shape index (κ3) is 2.80. The van der Waals surface area contributed by atoms with Crippen LogP contribution >= 0.6 is 23.2 Å². The highest BCUT2D eigenvalue weighted by Gasteiger charge is 2.16. The lowest BCUT2D eigenvalue weighted by molar-refractivity contribution is 0.414. The number of hydrogen-bond donors (Lipinski definition) is 0. The third-order valence-corrected chi connectivity index (χ3v) is 3.79. The van der Waals surface area contributed by atoms with E-state index in [2.05, 4.69) is 10.3 Å². The molecule has 22 heavy (non-hydrogen) atoms. The lowest BCUT2D eigenvalue weighted by Gasteiger charge is -2.09. The van der Waals surface area contributed by atoms with E-state index in [1.165, 1.54) is 0 Å². The SMILES string of the molecule is COc1cccc(-n2nnc(CCl)c2-c2ccc(Cl)cc2)c1. The van der Waals surface area contributed by atoms with Crippen LogP contribution in [-0.4, -0.2) is 22.1 Å². The van der Waals surface area contributed by atoms with Crippen LogP contribution in [0.5, 0.6) is 5.75 Å². The highest BCUT2D eigenvalue weighted by molar-refractivity contribution is 6.30. The molecule has 0 saturated heterocycles. The summed E-state index contributed by atoms with van der Waals surface area (Å²) in [4.78, 5) is 0. The molecule has 0 radical (unpaired) electrons. The smallest absolute Gasteiger partial charge is 0.121 e. The van der Waals surface area contributed by atoms with Gasteiger partial charge in [0.2, 0.25) is 0 Å². The summed E-state index contributed by atoms with van der Waals surface area (Å²) in [7, 11) is 1.63. The fourth-order valence-corrected chi connectivity index (χ4v) is 2.53. The maximum absolute atomic E-state index is 6.01. The molecule has 1 aromatic heterocycles. The Morgan fingerprint density at radius 1 is 1.14 bits per heavy atom. The Hall–Kier alpha value is -2.04. The summed E-state index contributed by atoms with van der Waals surface area (Å²) in [5, 5.41) is 9.08. The molecule has 0 unspecified atom stereocenters. The van der Waals surface area contributed by atoms with Crippen LogP contribution in [0.25, 0.3) is 16.9 Å². The van der Waals surface area contributed by atoms with Gasteiger partial charge in [-0.3, -0.25) is 0 Å². The first-order valence-corrected chi connectivity index (χ1v) is 7.55. The second kappa shape index (κ2) is 6.38. The molecule has 0 aliphatic rings. The molecule has 112 valence electrons. The highest BCUT2D eigenvalue weighted by Crippen LogP contribution is 2.28. The van der Waals surface area contributed by atoms with Crippen LogP contribution in [0.15, 0.2) is 48.5 Å². The van der Waals surface area contributed by atoms with E-state index in [1.807, 2.05) is 48.5 Å². The van der Waals surface area contributed by atoms with Crippen LogP contribution in [0.2, 0.25) is 5.02 Å². The summed E-state index contributed by atoms with van der Waals surface area (Å²) in [5.41, 5.74) is 3.37. The normalized spacial score (nSPS) is 10.7. The summed E-state index contributed by atoms with van der Waals surface area (Å²) in [5.74, 6) is 1.03. The van der Waals surface area contributed by atoms with Gasteiger partial charge < -0.3 is 4.74 Å². The molecule has 4 nitrogen and oxygen atoms in total. The number of benzene rings is 2. The monoisotopic (exact) mass is 333 g/mol. The number of nitrogens with zero attached hydrogens (tertiary/aromatic N) is 3. The molecular formula is C16H13Cl2N3O. The number of alkyl halides is 1. The molecule has 0 aliphatic carbocycles. The van der Waals surface area contributed by atoms with Crippen molar-refractivity contribution in [1.29, 1.82) is 0 Å². The van der Waals surface area contributed by atoms with E-state index in [4.69, 9.17) is 27.9 Å². The number of methoxy groups -OCH3 is 1. The molecule has 1 heterocycles. The van der Waals surface area contributed by atoms with E-state index in [0.717, 1.165) is 22.7 Å². The largest absolute Gasteiger partial charge is 0.497 e. The van der Waals surface area contributed by atoms with E-state index >= 15 is 0 Å². The Kier molecular flexibility index (Phi) is 4.32. The molecule has 0 bridgehead atoms. The first-order valence-electron chi connectivity index (χ1n) is 6.64. The summed E-state index contributed by atoms with van der Waals surface area (Å²) in [6, 6.07) is 15.1. The predicted molar refractivity (Wildman–Crippen MR) is 87.9 cm³/mol. The zero-order valence-electron chi connectivity index (χ0n) is 11.8. The minimum absolute atomic E-state index is 0.280. The molecule has 6 heteroatoms. The summed E-state index contributed by atoms with van der Waals surface area (Å²) < 4.78 is 7.02. The van der Waals surface area contributed by atoms with Gasteiger partial charge in [0.1, 0.15) is 11.4 Å². The highest BCUT2D eigenvalue weighted by atomic mass is 35.5. The average molecular weight is 334 g/mol. The van der Waals surface area contributed by atoms with E-state index < -0.39 is 0 Å². The van der Waals surface area contributed by atoms with Gasteiger partial charge in [-0.25, -0.2) is 4.68 Å². The Morgan fingerprint density at radius 2 is 1.91 bits per heavy atom. The molecule has 0 fully saturated rings. The fourth-order valence-electron chi connectivity index (χ4n) is 2.22. The second-order valence-corrected chi connectivity index (χ2v) is 5.34. The first kappa shape index (κ1) is 14.9. The Balaban J connectivity index is 2.16. The molecule has 0 atom stereocenters. The molecular weight excluding hydrogens is 321 g/mol. The number of halogens is 2. The van der Waals surface area contributed by atoms with Crippen LogP contribution in [0.4, 0.5) is 0 Å². The standard InChI is InChI=1S/C16H13Cl2N3O/c1-22-14-4-2-3-13(9-14)21-16(15(10-17)19-20-21)11-5-7-12(18)8-6-11/h2-9H,10H2,1H3. The molecule has 3 rings (SSSR count). The molecule has 0 N–H and O–H groups in total. The van der Waals surface area contributed by atoms with Gasteiger partial charge in [-0.05, 0) is 24.3 Å². The van der Waals surface area contributed by atoms with Crippen molar-refractivity contribution < 1.29 is 4.74 Å². The topological polar surface area (TPSA) is 39.9 Å². The van der Waals surface area contributed by atoms with Crippen molar-refractivity contribution in [3.63, 3.8) is 0 Å².